The van der Waals surface area contributed by atoms with E-state index in [1.54, 1.807) is 12.1 Å². The molecule has 116 valence electrons. The van der Waals surface area contributed by atoms with Gasteiger partial charge in [-0.3, -0.25) is 4.90 Å². The van der Waals surface area contributed by atoms with Crippen molar-refractivity contribution in [2.45, 2.75) is 31.9 Å². The zero-order chi connectivity index (χ0) is 14.7. The molecule has 1 aliphatic carbocycles. The molecule has 3 rings (SSSR count). The minimum Gasteiger partial charge on any atom is -0.435 e. The van der Waals surface area contributed by atoms with E-state index in [9.17, 15) is 8.78 Å². The number of nitrogens with zero attached hydrogens (tertiary/aromatic N) is 1. The number of alkyl halides is 2. The van der Waals surface area contributed by atoms with Crippen LogP contribution in [0.2, 0.25) is 0 Å². The smallest absolute Gasteiger partial charge is 0.387 e. The molecule has 2 aliphatic rings. The highest BCUT2D eigenvalue weighted by atomic mass is 19.3. The summed E-state index contributed by atoms with van der Waals surface area (Å²) in [6, 6.07) is 7.59. The fraction of sp³-hybridized carbons (Fsp3) is 0.625. The molecule has 1 aromatic carbocycles. The van der Waals surface area contributed by atoms with E-state index in [0.717, 1.165) is 32.1 Å². The monoisotopic (exact) mass is 296 g/mol. The highest BCUT2D eigenvalue weighted by Crippen LogP contribution is 2.40. The summed E-state index contributed by atoms with van der Waals surface area (Å²) in [5.74, 6) is 1.07. The van der Waals surface area contributed by atoms with E-state index in [-0.39, 0.29) is 5.75 Å². The number of hydrogen-bond acceptors (Lipinski definition) is 3. The van der Waals surface area contributed by atoms with Crippen LogP contribution in [0.4, 0.5) is 8.78 Å². The highest BCUT2D eigenvalue weighted by molar-refractivity contribution is 5.29. The number of benzene rings is 1. The van der Waals surface area contributed by atoms with Crippen molar-refractivity contribution in [3.63, 3.8) is 0 Å². The maximum Gasteiger partial charge on any atom is 0.387 e. The third-order valence-electron chi connectivity index (χ3n) is 4.34. The van der Waals surface area contributed by atoms with Gasteiger partial charge < -0.3 is 10.1 Å². The molecule has 1 heterocycles. The molecule has 1 atom stereocenters. The van der Waals surface area contributed by atoms with E-state index in [2.05, 4.69) is 15.0 Å². The van der Waals surface area contributed by atoms with Crippen molar-refractivity contribution in [1.82, 2.24) is 10.2 Å². The van der Waals surface area contributed by atoms with Gasteiger partial charge in [-0.25, -0.2) is 0 Å². The van der Waals surface area contributed by atoms with Gasteiger partial charge in [0.2, 0.25) is 0 Å². The number of hydrogen-bond donors (Lipinski definition) is 1. The average Bonchev–Trinajstić information content (AvgIpc) is 3.30. The first-order valence-corrected chi connectivity index (χ1v) is 7.72. The van der Waals surface area contributed by atoms with E-state index >= 15 is 0 Å². The maximum absolute atomic E-state index is 12.2. The molecule has 0 aromatic heterocycles. The molecule has 21 heavy (non-hydrogen) atoms. The van der Waals surface area contributed by atoms with Gasteiger partial charge in [-0.05, 0) is 30.0 Å². The Hall–Kier alpha value is -1.20. The molecule has 0 radical (unpaired) electrons. The highest BCUT2D eigenvalue weighted by Gasteiger charge is 2.30. The predicted molar refractivity (Wildman–Crippen MR) is 77.6 cm³/mol. The van der Waals surface area contributed by atoms with Gasteiger partial charge in [-0.1, -0.05) is 25.0 Å². The van der Waals surface area contributed by atoms with Crippen LogP contribution in [0, 0.1) is 5.92 Å². The largest absolute Gasteiger partial charge is 0.435 e. The summed E-state index contributed by atoms with van der Waals surface area (Å²) < 4.78 is 28.9. The normalized spacial score (nSPS) is 21.5. The van der Waals surface area contributed by atoms with Crippen LogP contribution in [0.5, 0.6) is 5.75 Å². The first-order chi connectivity index (χ1) is 10.2. The summed E-state index contributed by atoms with van der Waals surface area (Å²) in [5.41, 5.74) is 1.21. The van der Waals surface area contributed by atoms with Crippen LogP contribution in [0.15, 0.2) is 24.3 Å². The van der Waals surface area contributed by atoms with Gasteiger partial charge in [0.15, 0.2) is 0 Å². The molecule has 1 saturated heterocycles. The molecular formula is C16H22F2N2O. The fourth-order valence-electron chi connectivity index (χ4n) is 3.03. The molecule has 0 amide bonds. The predicted octanol–water partition coefficient (Wildman–Crippen LogP) is 3.03. The lowest BCUT2D eigenvalue weighted by molar-refractivity contribution is -0.0498. The summed E-state index contributed by atoms with van der Waals surface area (Å²) >= 11 is 0. The Morgan fingerprint density at radius 2 is 1.81 bits per heavy atom. The topological polar surface area (TPSA) is 24.5 Å². The van der Waals surface area contributed by atoms with Crippen molar-refractivity contribution in [3.8, 4) is 5.75 Å². The van der Waals surface area contributed by atoms with Gasteiger partial charge in [0.25, 0.3) is 0 Å². The number of nitrogens with one attached hydrogen (secondary N) is 1. The minimum absolute atomic E-state index is 0.235. The third-order valence-corrected chi connectivity index (χ3v) is 4.34. The molecule has 0 unspecified atom stereocenters. The number of piperazine rings is 1. The first-order valence-electron chi connectivity index (χ1n) is 7.72. The molecule has 0 bridgehead atoms. The number of halogens is 2. The van der Waals surface area contributed by atoms with Crippen LogP contribution in [0.25, 0.3) is 0 Å². The van der Waals surface area contributed by atoms with Gasteiger partial charge in [-0.2, -0.15) is 8.78 Å². The van der Waals surface area contributed by atoms with E-state index < -0.39 is 6.61 Å². The lowest BCUT2D eigenvalue weighted by atomic mass is 9.98. The molecule has 1 aromatic rings. The van der Waals surface area contributed by atoms with Crippen LogP contribution in [-0.2, 0) is 0 Å². The Morgan fingerprint density at radius 3 is 2.38 bits per heavy atom. The first kappa shape index (κ1) is 14.7. The minimum atomic E-state index is -2.76. The summed E-state index contributed by atoms with van der Waals surface area (Å²) in [4.78, 5) is 2.51. The molecule has 0 spiro atoms. The molecule has 1 saturated carbocycles. The van der Waals surface area contributed by atoms with Gasteiger partial charge in [0.05, 0.1) is 0 Å². The van der Waals surface area contributed by atoms with Crippen molar-refractivity contribution in [1.29, 1.82) is 0 Å². The van der Waals surface area contributed by atoms with Crippen LogP contribution >= 0.6 is 0 Å². The van der Waals surface area contributed by atoms with Crippen molar-refractivity contribution < 1.29 is 13.5 Å². The summed E-state index contributed by atoms with van der Waals surface area (Å²) in [6.07, 6.45) is 3.83. The van der Waals surface area contributed by atoms with Gasteiger partial charge in [-0.15, -0.1) is 0 Å². The molecular weight excluding hydrogens is 274 g/mol. The Balaban J connectivity index is 1.71. The third kappa shape index (κ3) is 4.14. The quantitative estimate of drug-likeness (QED) is 0.873. The van der Waals surface area contributed by atoms with Crippen LogP contribution in [-0.4, -0.2) is 37.7 Å². The average molecular weight is 296 g/mol. The molecule has 3 nitrogen and oxygen atoms in total. The van der Waals surface area contributed by atoms with Crippen molar-refractivity contribution in [2.24, 2.45) is 5.92 Å². The second-order valence-electron chi connectivity index (χ2n) is 5.93. The Morgan fingerprint density at radius 1 is 1.14 bits per heavy atom. The summed E-state index contributed by atoms with van der Waals surface area (Å²) in [7, 11) is 0. The summed E-state index contributed by atoms with van der Waals surface area (Å²) in [6.45, 7) is 1.38. The Kier molecular flexibility index (Phi) is 4.70. The van der Waals surface area contributed by atoms with E-state index in [0.29, 0.717) is 6.04 Å². The van der Waals surface area contributed by atoms with E-state index in [1.807, 2.05) is 12.1 Å². The lowest BCUT2D eigenvalue weighted by Gasteiger charge is -2.35. The SMILES string of the molecule is FC(F)Oc1ccc([C@@H](CC2CC2)N2CCNCC2)cc1. The molecule has 1 aliphatic heterocycles. The standard InChI is InChI=1S/C16H22F2N2O/c17-16(18)21-14-5-3-13(4-6-14)15(11-12-1-2-12)20-9-7-19-8-10-20/h3-6,12,15-16,19H,1-2,7-11H2/t15-/m1/s1. The second kappa shape index (κ2) is 6.71. The van der Waals surface area contributed by atoms with Gasteiger partial charge in [0.1, 0.15) is 5.75 Å². The van der Waals surface area contributed by atoms with Crippen molar-refractivity contribution in [3.05, 3.63) is 29.8 Å². The lowest BCUT2D eigenvalue weighted by Crippen LogP contribution is -2.45. The molecule has 5 heteroatoms. The summed E-state index contributed by atoms with van der Waals surface area (Å²) in [5, 5.41) is 3.38. The molecule has 2 fully saturated rings. The van der Waals surface area contributed by atoms with Crippen molar-refractivity contribution in [2.75, 3.05) is 26.2 Å². The van der Waals surface area contributed by atoms with Crippen LogP contribution in [0.3, 0.4) is 0 Å². The van der Waals surface area contributed by atoms with E-state index in [1.165, 1.54) is 24.8 Å². The van der Waals surface area contributed by atoms with Crippen LogP contribution in [0.1, 0.15) is 30.9 Å². The van der Waals surface area contributed by atoms with Gasteiger partial charge >= 0.3 is 6.61 Å². The zero-order valence-corrected chi connectivity index (χ0v) is 12.1. The molecule has 1 N–H and O–H groups in total. The number of ether oxygens (including phenoxy) is 1. The van der Waals surface area contributed by atoms with Crippen LogP contribution < -0.4 is 10.1 Å². The Bertz CT molecular complexity index is 442. The van der Waals surface area contributed by atoms with E-state index in [4.69, 9.17) is 0 Å². The van der Waals surface area contributed by atoms with Gasteiger partial charge in [0, 0.05) is 32.2 Å². The maximum atomic E-state index is 12.2. The number of rotatable bonds is 6. The van der Waals surface area contributed by atoms with Crippen molar-refractivity contribution >= 4 is 0 Å². The second-order valence-corrected chi connectivity index (χ2v) is 5.93. The fourth-order valence-corrected chi connectivity index (χ4v) is 3.03. The zero-order valence-electron chi connectivity index (χ0n) is 12.1. The Labute approximate surface area is 124 Å².